The average molecular weight is 618 g/mol. The molecule has 0 radical (unpaired) electrons. The van der Waals surface area contributed by atoms with Gasteiger partial charge in [-0.1, -0.05) is 53.3 Å². The van der Waals surface area contributed by atoms with E-state index in [1.165, 1.54) is 18.4 Å². The van der Waals surface area contributed by atoms with Crippen molar-refractivity contribution in [1.29, 1.82) is 0 Å². The fourth-order valence-corrected chi connectivity index (χ4v) is 6.19. The Morgan fingerprint density at radius 2 is 1.86 bits per heavy atom. The molecule has 1 aliphatic rings. The number of fused-ring (bicyclic) bond motifs is 1. The van der Waals surface area contributed by atoms with E-state index in [-0.39, 0.29) is 17.6 Å². The Bertz CT molecular complexity index is 1860. The Morgan fingerprint density at radius 3 is 2.51 bits per heavy atom. The van der Waals surface area contributed by atoms with Crippen LogP contribution >= 0.6 is 22.9 Å². The summed E-state index contributed by atoms with van der Waals surface area (Å²) in [6.07, 6.45) is 1.65. The van der Waals surface area contributed by atoms with Crippen molar-refractivity contribution in [2.45, 2.75) is 39.8 Å². The van der Waals surface area contributed by atoms with Crippen molar-refractivity contribution in [2.24, 2.45) is 4.99 Å². The second kappa shape index (κ2) is 12.9. The summed E-state index contributed by atoms with van der Waals surface area (Å²) in [6.45, 7) is 8.04. The molecule has 4 aromatic rings. The highest BCUT2D eigenvalue weighted by Crippen LogP contribution is 2.37. The third-order valence-corrected chi connectivity index (χ3v) is 7.97. The Labute approximate surface area is 258 Å². The number of rotatable bonds is 9. The Morgan fingerprint density at radius 1 is 1.14 bits per heavy atom. The number of allylic oxidation sites excluding steroid dienone is 1. The van der Waals surface area contributed by atoms with E-state index in [9.17, 15) is 9.59 Å². The highest BCUT2D eigenvalue weighted by molar-refractivity contribution is 7.07. The largest absolute Gasteiger partial charge is 0.494 e. The summed E-state index contributed by atoms with van der Waals surface area (Å²) in [4.78, 5) is 33.0. The zero-order valence-corrected chi connectivity index (χ0v) is 26.1. The minimum Gasteiger partial charge on any atom is -0.494 e. The quantitative estimate of drug-likeness (QED) is 0.259. The number of hydrogen-bond donors (Lipinski definition) is 1. The summed E-state index contributed by atoms with van der Waals surface area (Å²) < 4.78 is 19.0. The highest BCUT2D eigenvalue weighted by atomic mass is 35.5. The fourth-order valence-electron chi connectivity index (χ4n) is 4.88. The molecule has 0 saturated carbocycles. The second-order valence-corrected chi connectivity index (χ2v) is 11.5. The summed E-state index contributed by atoms with van der Waals surface area (Å²) in [7, 11) is 1.54. The zero-order chi connectivity index (χ0) is 30.7. The molecule has 10 heteroatoms. The van der Waals surface area contributed by atoms with Crippen LogP contribution < -0.4 is 34.4 Å². The SMILES string of the molecule is CCOc1ccc([C@@H]2C(C(=O)Nc3ccccc3)=C(C)N=c3s/c(=C\c4cc(Cl)c(OC(C)C)c(OC)c4)c(=O)n32)cc1. The number of halogens is 1. The van der Waals surface area contributed by atoms with Gasteiger partial charge in [-0.2, -0.15) is 0 Å². The minimum atomic E-state index is -0.710. The average Bonchev–Trinajstić information content (AvgIpc) is 3.28. The lowest BCUT2D eigenvalue weighted by atomic mass is 9.95. The Hall–Kier alpha value is -4.34. The van der Waals surface area contributed by atoms with E-state index in [4.69, 9.17) is 30.8 Å². The van der Waals surface area contributed by atoms with Crippen LogP contribution in [0.3, 0.4) is 0 Å². The van der Waals surface area contributed by atoms with Gasteiger partial charge in [-0.3, -0.25) is 14.2 Å². The van der Waals surface area contributed by atoms with Crippen molar-refractivity contribution >= 4 is 40.6 Å². The van der Waals surface area contributed by atoms with Crippen molar-refractivity contribution in [1.82, 2.24) is 4.57 Å². The van der Waals surface area contributed by atoms with Crippen LogP contribution in [0.5, 0.6) is 17.2 Å². The van der Waals surface area contributed by atoms with Crippen LogP contribution in [0.4, 0.5) is 5.69 Å². The van der Waals surface area contributed by atoms with Gasteiger partial charge in [0.05, 0.1) is 46.7 Å². The van der Waals surface area contributed by atoms with Crippen molar-refractivity contribution in [3.05, 3.63) is 114 Å². The number of carbonyl (C=O) groups is 1. The van der Waals surface area contributed by atoms with Crippen LogP contribution in [0.1, 0.15) is 44.9 Å². The maximum Gasteiger partial charge on any atom is 0.271 e. The van der Waals surface area contributed by atoms with E-state index in [0.717, 1.165) is 5.56 Å². The molecule has 1 amide bonds. The van der Waals surface area contributed by atoms with E-state index in [0.29, 0.717) is 60.7 Å². The first kappa shape index (κ1) is 30.1. The molecule has 0 aliphatic carbocycles. The number of nitrogens with zero attached hydrogens (tertiary/aromatic N) is 2. The van der Waals surface area contributed by atoms with Crippen molar-refractivity contribution in [2.75, 3.05) is 19.0 Å². The summed E-state index contributed by atoms with van der Waals surface area (Å²) in [6, 6.07) is 19.4. The molecule has 1 N–H and O–H groups in total. The molecule has 3 aromatic carbocycles. The lowest BCUT2D eigenvalue weighted by molar-refractivity contribution is -0.113. The maximum atomic E-state index is 14.1. The smallest absolute Gasteiger partial charge is 0.271 e. The molecular weight excluding hydrogens is 586 g/mol. The molecule has 1 aliphatic heterocycles. The normalized spacial score (nSPS) is 14.8. The first-order valence-corrected chi connectivity index (χ1v) is 15.1. The van der Waals surface area contributed by atoms with Gasteiger partial charge >= 0.3 is 0 Å². The van der Waals surface area contributed by atoms with Gasteiger partial charge in [-0.25, -0.2) is 4.99 Å². The molecule has 0 spiro atoms. The molecule has 0 fully saturated rings. The number of ether oxygens (including phenoxy) is 3. The molecule has 222 valence electrons. The Balaban J connectivity index is 1.64. The maximum absolute atomic E-state index is 14.1. The number of nitrogens with one attached hydrogen (secondary N) is 1. The topological polar surface area (TPSA) is 91.2 Å². The van der Waals surface area contributed by atoms with Gasteiger partial charge < -0.3 is 19.5 Å². The monoisotopic (exact) mass is 617 g/mol. The summed E-state index contributed by atoms with van der Waals surface area (Å²) in [5, 5.41) is 3.34. The van der Waals surface area contributed by atoms with Gasteiger partial charge in [0.25, 0.3) is 11.5 Å². The number of amides is 1. The number of anilines is 1. The molecular formula is C33H32ClN3O5S. The van der Waals surface area contributed by atoms with E-state index in [1.54, 1.807) is 29.7 Å². The van der Waals surface area contributed by atoms with Gasteiger partial charge in [0, 0.05) is 5.69 Å². The lowest BCUT2D eigenvalue weighted by Crippen LogP contribution is -2.40. The molecule has 0 bridgehead atoms. The fraction of sp³-hybridized carbons (Fsp3) is 0.242. The van der Waals surface area contributed by atoms with Gasteiger partial charge in [0.15, 0.2) is 16.3 Å². The van der Waals surface area contributed by atoms with Crippen LogP contribution in [0.15, 0.2) is 87.8 Å². The highest BCUT2D eigenvalue weighted by Gasteiger charge is 2.32. The van der Waals surface area contributed by atoms with Crippen molar-refractivity contribution in [3.8, 4) is 17.2 Å². The molecule has 1 aromatic heterocycles. The first-order valence-electron chi connectivity index (χ1n) is 13.9. The molecule has 0 saturated heterocycles. The first-order chi connectivity index (χ1) is 20.7. The van der Waals surface area contributed by atoms with Gasteiger partial charge in [0.1, 0.15) is 5.75 Å². The minimum absolute atomic E-state index is 0.0972. The van der Waals surface area contributed by atoms with Gasteiger partial charge in [-0.05, 0) is 81.3 Å². The number of aromatic nitrogens is 1. The predicted molar refractivity (Wildman–Crippen MR) is 170 cm³/mol. The van der Waals surface area contributed by atoms with E-state index in [2.05, 4.69) is 5.32 Å². The van der Waals surface area contributed by atoms with Crippen LogP contribution in [0.25, 0.3) is 6.08 Å². The summed E-state index contributed by atoms with van der Waals surface area (Å²) in [5.74, 6) is 1.27. The van der Waals surface area contributed by atoms with Crippen LogP contribution in [-0.2, 0) is 4.79 Å². The summed E-state index contributed by atoms with van der Waals surface area (Å²) >= 11 is 7.80. The van der Waals surface area contributed by atoms with Crippen molar-refractivity contribution in [3.63, 3.8) is 0 Å². The molecule has 8 nitrogen and oxygen atoms in total. The van der Waals surface area contributed by atoms with Crippen LogP contribution in [0.2, 0.25) is 5.02 Å². The van der Waals surface area contributed by atoms with E-state index < -0.39 is 6.04 Å². The number of hydrogen-bond acceptors (Lipinski definition) is 7. The van der Waals surface area contributed by atoms with Gasteiger partial charge in [-0.15, -0.1) is 0 Å². The molecule has 5 rings (SSSR count). The third kappa shape index (κ3) is 6.38. The zero-order valence-electron chi connectivity index (χ0n) is 24.5. The van der Waals surface area contributed by atoms with Crippen molar-refractivity contribution < 1.29 is 19.0 Å². The van der Waals surface area contributed by atoms with E-state index >= 15 is 0 Å². The van der Waals surface area contributed by atoms with Gasteiger partial charge in [0.2, 0.25) is 0 Å². The third-order valence-electron chi connectivity index (χ3n) is 6.71. The second-order valence-electron chi connectivity index (χ2n) is 10.1. The number of carbonyl (C=O) groups excluding carboxylic acids is 1. The predicted octanol–water partition coefficient (Wildman–Crippen LogP) is 5.72. The van der Waals surface area contributed by atoms with E-state index in [1.807, 2.05) is 75.4 Å². The number of benzene rings is 3. The molecule has 1 atom stereocenters. The van der Waals surface area contributed by atoms with Crippen LogP contribution in [0, 0.1) is 0 Å². The number of para-hydroxylation sites is 1. The molecule has 2 heterocycles. The Kier molecular flexibility index (Phi) is 9.03. The van der Waals surface area contributed by atoms with Crippen LogP contribution in [-0.4, -0.2) is 30.3 Å². The number of thiazole rings is 1. The lowest BCUT2D eigenvalue weighted by Gasteiger charge is -2.25. The molecule has 0 unspecified atom stereocenters. The number of methoxy groups -OCH3 is 1. The summed E-state index contributed by atoms with van der Waals surface area (Å²) in [5.41, 5.74) is 2.69. The molecule has 43 heavy (non-hydrogen) atoms. The standard InChI is InChI=1S/C33H32ClN3O5S/c1-6-41-24-14-12-22(13-15-24)29-28(31(38)36-23-10-8-7-9-11-23)20(4)35-33-37(29)32(39)27(43-33)18-21-16-25(34)30(42-19(2)3)26(17-21)40-5/h7-19,29H,6H2,1-5H3,(H,36,38)/b27-18-/t29-/m1/s1.